The third-order valence-electron chi connectivity index (χ3n) is 2.39. The van der Waals surface area contributed by atoms with E-state index in [4.69, 9.17) is 0 Å². The van der Waals surface area contributed by atoms with Gasteiger partial charge in [0.25, 0.3) is 0 Å². The molecule has 0 bridgehead atoms. The zero-order chi connectivity index (χ0) is 5.40. The van der Waals surface area contributed by atoms with Gasteiger partial charge in [-0.25, -0.2) is 5.32 Å². The summed E-state index contributed by atoms with van der Waals surface area (Å²) in [7, 11) is 0. The first-order valence-corrected chi connectivity index (χ1v) is 3.60. The lowest BCUT2D eigenvalue weighted by atomic mass is 10.2. The van der Waals surface area contributed by atoms with Crippen LogP contribution in [0.4, 0.5) is 0 Å². The zero-order valence-electron chi connectivity index (χ0n) is 5.14. The van der Waals surface area contributed by atoms with Gasteiger partial charge in [-0.2, -0.15) is 0 Å². The summed E-state index contributed by atoms with van der Waals surface area (Å²) in [6.45, 7) is 2.31. The number of nitrogens with zero attached hydrogens (tertiary/aromatic N) is 1. The van der Waals surface area contributed by atoms with E-state index in [9.17, 15) is 0 Å². The summed E-state index contributed by atoms with van der Waals surface area (Å²) >= 11 is 0. The molecule has 45 valence electrons. The van der Waals surface area contributed by atoms with Gasteiger partial charge in [-0.15, -0.1) is 0 Å². The fourth-order valence-corrected chi connectivity index (χ4v) is 1.64. The molecule has 1 saturated heterocycles. The van der Waals surface area contributed by atoms with Crippen LogP contribution >= 0.6 is 0 Å². The number of rotatable bonds is 0. The SMILES string of the molecule is C1C[C@@H]2C[C@@H]2CC[N]1. The number of fused-ring (bicyclic) bond motifs is 1. The maximum atomic E-state index is 4.35. The standard InChI is InChI=1S/C7H12N/c1-3-8-4-2-7-5-6(1)7/h6-7H,1-5H2/t6-,7+. The molecule has 1 heteroatoms. The first kappa shape index (κ1) is 4.80. The van der Waals surface area contributed by atoms with Crippen molar-refractivity contribution < 1.29 is 0 Å². The molecule has 0 aromatic heterocycles. The molecule has 8 heavy (non-hydrogen) atoms. The summed E-state index contributed by atoms with van der Waals surface area (Å²) in [6, 6.07) is 0. The highest BCUT2D eigenvalue weighted by atomic mass is 14.9. The van der Waals surface area contributed by atoms with Gasteiger partial charge in [-0.05, 0) is 31.1 Å². The third kappa shape index (κ3) is 0.752. The van der Waals surface area contributed by atoms with Crippen molar-refractivity contribution in [2.75, 3.05) is 13.1 Å². The van der Waals surface area contributed by atoms with Crippen molar-refractivity contribution in [2.45, 2.75) is 19.3 Å². The maximum Gasteiger partial charge on any atom is 0.0136 e. The predicted molar refractivity (Wildman–Crippen MR) is 32.7 cm³/mol. The smallest absolute Gasteiger partial charge is 0.0136 e. The average Bonchev–Trinajstić information content (AvgIpc) is 2.36. The van der Waals surface area contributed by atoms with E-state index in [1.807, 2.05) is 0 Å². The van der Waals surface area contributed by atoms with Crippen molar-refractivity contribution >= 4 is 0 Å². The molecule has 1 saturated carbocycles. The van der Waals surface area contributed by atoms with E-state index in [1.54, 1.807) is 0 Å². The second-order valence-corrected chi connectivity index (χ2v) is 3.00. The summed E-state index contributed by atoms with van der Waals surface area (Å²) in [5, 5.41) is 4.35. The van der Waals surface area contributed by atoms with Crippen LogP contribution in [0.15, 0.2) is 0 Å². The van der Waals surface area contributed by atoms with Crippen LogP contribution in [-0.2, 0) is 0 Å². The predicted octanol–water partition coefficient (Wildman–Crippen LogP) is 1.02. The fourth-order valence-electron chi connectivity index (χ4n) is 1.64. The van der Waals surface area contributed by atoms with Crippen molar-refractivity contribution in [3.05, 3.63) is 0 Å². The highest BCUT2D eigenvalue weighted by Gasteiger charge is 2.36. The quantitative estimate of drug-likeness (QED) is 0.442. The van der Waals surface area contributed by atoms with Crippen LogP contribution in [0.5, 0.6) is 0 Å². The van der Waals surface area contributed by atoms with Crippen molar-refractivity contribution in [2.24, 2.45) is 11.8 Å². The molecular formula is C7H12N. The van der Waals surface area contributed by atoms with Crippen LogP contribution in [0, 0.1) is 11.8 Å². The number of hydrogen-bond acceptors (Lipinski definition) is 0. The van der Waals surface area contributed by atoms with Gasteiger partial charge in [0.2, 0.25) is 0 Å². The van der Waals surface area contributed by atoms with Gasteiger partial charge in [-0.1, -0.05) is 0 Å². The first-order chi connectivity index (χ1) is 3.97. The normalized spacial score (nSPS) is 45.0. The minimum Gasteiger partial charge on any atom is -0.242 e. The molecule has 0 aromatic rings. The van der Waals surface area contributed by atoms with E-state index in [0.29, 0.717) is 0 Å². The summed E-state index contributed by atoms with van der Waals surface area (Å²) < 4.78 is 0. The Morgan fingerprint density at radius 1 is 1.00 bits per heavy atom. The van der Waals surface area contributed by atoms with Crippen molar-refractivity contribution in [1.29, 1.82) is 0 Å². The van der Waals surface area contributed by atoms with Crippen LogP contribution < -0.4 is 5.32 Å². The van der Waals surface area contributed by atoms with Crippen LogP contribution in [0.2, 0.25) is 0 Å². The molecule has 2 aliphatic rings. The van der Waals surface area contributed by atoms with Crippen molar-refractivity contribution in [3.63, 3.8) is 0 Å². The van der Waals surface area contributed by atoms with Crippen molar-refractivity contribution in [1.82, 2.24) is 5.32 Å². The molecule has 0 spiro atoms. The molecule has 1 nitrogen and oxygen atoms in total. The second-order valence-electron chi connectivity index (χ2n) is 3.00. The number of hydrogen-bond donors (Lipinski definition) is 0. The van der Waals surface area contributed by atoms with Crippen LogP contribution in [0.1, 0.15) is 19.3 Å². The Hall–Kier alpha value is -0.0400. The molecule has 1 aliphatic carbocycles. The Balaban J connectivity index is 1.89. The zero-order valence-corrected chi connectivity index (χ0v) is 5.14. The van der Waals surface area contributed by atoms with E-state index in [2.05, 4.69) is 5.32 Å². The Morgan fingerprint density at radius 2 is 1.62 bits per heavy atom. The summed E-state index contributed by atoms with van der Waals surface area (Å²) in [5.74, 6) is 2.20. The third-order valence-corrected chi connectivity index (χ3v) is 2.39. The molecule has 0 amide bonds. The summed E-state index contributed by atoms with van der Waals surface area (Å²) in [6.07, 6.45) is 4.31. The summed E-state index contributed by atoms with van der Waals surface area (Å²) in [4.78, 5) is 0. The van der Waals surface area contributed by atoms with Crippen LogP contribution in [0.25, 0.3) is 0 Å². The second kappa shape index (κ2) is 1.73. The van der Waals surface area contributed by atoms with Gasteiger partial charge in [0.15, 0.2) is 0 Å². The lowest BCUT2D eigenvalue weighted by molar-refractivity contribution is 0.639. The van der Waals surface area contributed by atoms with E-state index < -0.39 is 0 Å². The first-order valence-electron chi connectivity index (χ1n) is 3.60. The van der Waals surface area contributed by atoms with E-state index >= 15 is 0 Å². The van der Waals surface area contributed by atoms with Gasteiger partial charge < -0.3 is 0 Å². The van der Waals surface area contributed by atoms with E-state index in [0.717, 1.165) is 24.9 Å². The topological polar surface area (TPSA) is 14.1 Å². The van der Waals surface area contributed by atoms with E-state index in [-0.39, 0.29) is 0 Å². The molecular weight excluding hydrogens is 98.1 g/mol. The van der Waals surface area contributed by atoms with Gasteiger partial charge in [0.1, 0.15) is 0 Å². The molecule has 1 heterocycles. The molecule has 0 unspecified atom stereocenters. The van der Waals surface area contributed by atoms with Gasteiger partial charge in [-0.3, -0.25) is 0 Å². The molecule has 2 fully saturated rings. The van der Waals surface area contributed by atoms with Gasteiger partial charge >= 0.3 is 0 Å². The Kier molecular flexibility index (Phi) is 1.04. The Labute approximate surface area is 50.5 Å². The lowest BCUT2D eigenvalue weighted by Crippen LogP contribution is -2.05. The Morgan fingerprint density at radius 3 is 2.25 bits per heavy atom. The van der Waals surface area contributed by atoms with Crippen LogP contribution in [-0.4, -0.2) is 13.1 Å². The monoisotopic (exact) mass is 110 g/mol. The van der Waals surface area contributed by atoms with E-state index in [1.165, 1.54) is 19.3 Å². The highest BCUT2D eigenvalue weighted by Crippen LogP contribution is 2.44. The molecule has 0 N–H and O–H groups in total. The summed E-state index contributed by atoms with van der Waals surface area (Å²) in [5.41, 5.74) is 0. The molecule has 2 rings (SSSR count). The van der Waals surface area contributed by atoms with Gasteiger partial charge in [0.05, 0.1) is 0 Å². The Bertz CT molecular complexity index is 80.4. The molecule has 1 aliphatic heterocycles. The average molecular weight is 110 g/mol. The largest absolute Gasteiger partial charge is 0.242 e. The lowest BCUT2D eigenvalue weighted by Gasteiger charge is -1.92. The minimum atomic E-state index is 1.10. The highest BCUT2D eigenvalue weighted by molar-refractivity contribution is 4.88. The van der Waals surface area contributed by atoms with Gasteiger partial charge in [0, 0.05) is 13.1 Å². The molecule has 1 radical (unpaired) electrons. The van der Waals surface area contributed by atoms with Crippen LogP contribution in [0.3, 0.4) is 0 Å². The molecule has 0 aromatic carbocycles. The minimum absolute atomic E-state index is 1.10. The maximum absolute atomic E-state index is 4.35. The fraction of sp³-hybridized carbons (Fsp3) is 1.00. The van der Waals surface area contributed by atoms with Crippen molar-refractivity contribution in [3.8, 4) is 0 Å². The molecule has 2 atom stereocenters.